The van der Waals surface area contributed by atoms with Gasteiger partial charge in [0.15, 0.2) is 5.60 Å². The third-order valence-electron chi connectivity index (χ3n) is 5.00. The third kappa shape index (κ3) is 4.00. The molecule has 0 fully saturated rings. The van der Waals surface area contributed by atoms with Crippen LogP contribution >= 0.6 is 0 Å². The number of aromatic nitrogens is 1. The fraction of sp³-hybridized carbons (Fsp3) is 0.250. The normalized spacial score (nSPS) is 12.1. The number of esters is 1. The second-order valence-electron chi connectivity index (χ2n) is 6.81. The van der Waals surface area contributed by atoms with Gasteiger partial charge in [0.2, 0.25) is 12.0 Å². The van der Waals surface area contributed by atoms with Crippen molar-refractivity contribution < 1.29 is 19.0 Å². The molecule has 6 nitrogen and oxygen atoms in total. The van der Waals surface area contributed by atoms with Crippen LogP contribution in [0.4, 0.5) is 5.69 Å². The summed E-state index contributed by atoms with van der Waals surface area (Å²) < 4.78 is 17.5. The number of benzene rings is 2. The van der Waals surface area contributed by atoms with Crippen LogP contribution in [0, 0.1) is 6.92 Å². The van der Waals surface area contributed by atoms with E-state index in [0.29, 0.717) is 5.69 Å². The van der Waals surface area contributed by atoms with Crippen molar-refractivity contribution in [2.75, 3.05) is 26.6 Å². The minimum atomic E-state index is -1.26. The molecule has 0 bridgehead atoms. The molecule has 0 aliphatic carbocycles. The number of hydrogen-bond donors (Lipinski definition) is 1. The summed E-state index contributed by atoms with van der Waals surface area (Å²) in [6.07, 6.45) is 0.531. The summed E-state index contributed by atoms with van der Waals surface area (Å²) in [4.78, 5) is 17.5. The van der Waals surface area contributed by atoms with E-state index < -0.39 is 17.7 Å². The summed E-state index contributed by atoms with van der Waals surface area (Å²) in [6.45, 7) is 1.93. The molecule has 0 amide bonds. The number of pyridine rings is 1. The van der Waals surface area contributed by atoms with Crippen LogP contribution in [0.25, 0.3) is 0 Å². The second kappa shape index (κ2) is 9.41. The van der Waals surface area contributed by atoms with E-state index in [1.807, 2.05) is 73.7 Å². The van der Waals surface area contributed by atoms with E-state index in [4.69, 9.17) is 14.2 Å². The fourth-order valence-corrected chi connectivity index (χ4v) is 3.53. The van der Waals surface area contributed by atoms with Crippen LogP contribution in [0.2, 0.25) is 0 Å². The van der Waals surface area contributed by atoms with E-state index in [1.54, 1.807) is 20.4 Å². The lowest BCUT2D eigenvalue weighted by Gasteiger charge is -2.38. The fourth-order valence-electron chi connectivity index (χ4n) is 3.53. The smallest absolute Gasteiger partial charge is 0.350 e. The van der Waals surface area contributed by atoms with Gasteiger partial charge in [0, 0.05) is 20.4 Å². The number of carbonyl (C=O) groups is 1. The molecular formula is C24H26N2O4. The molecule has 1 unspecified atom stereocenters. The van der Waals surface area contributed by atoms with E-state index >= 15 is 0 Å². The quantitative estimate of drug-likeness (QED) is 0.572. The largest absolute Gasteiger partial charge is 0.466 e. The summed E-state index contributed by atoms with van der Waals surface area (Å²) in [5.74, 6) is -0.291. The standard InChI is InChI=1S/C24H26N2O4/c1-17-15-20(25-2)22(26-16-17)30-21(23(27)28-3)24(29-4,18-11-7-5-8-12-18)19-13-9-6-10-14-19/h5-16,21,25H,1-4H3. The van der Waals surface area contributed by atoms with Crippen LogP contribution in [0.1, 0.15) is 16.7 Å². The van der Waals surface area contributed by atoms with E-state index in [9.17, 15) is 4.79 Å². The lowest BCUT2D eigenvalue weighted by molar-refractivity contribution is -0.164. The van der Waals surface area contributed by atoms with Gasteiger partial charge in [0.25, 0.3) is 0 Å². The van der Waals surface area contributed by atoms with Crippen molar-refractivity contribution >= 4 is 11.7 Å². The van der Waals surface area contributed by atoms with Gasteiger partial charge in [-0.05, 0) is 29.7 Å². The van der Waals surface area contributed by atoms with Gasteiger partial charge in [-0.1, -0.05) is 60.7 Å². The molecule has 6 heteroatoms. The molecule has 0 aliphatic heterocycles. The number of rotatable bonds is 8. The molecule has 1 N–H and O–H groups in total. The Morgan fingerprint density at radius 2 is 1.57 bits per heavy atom. The Balaban J connectivity index is 2.22. The highest BCUT2D eigenvalue weighted by Crippen LogP contribution is 2.40. The van der Waals surface area contributed by atoms with Gasteiger partial charge in [-0.2, -0.15) is 0 Å². The first-order chi connectivity index (χ1) is 14.6. The molecule has 0 saturated carbocycles. The minimum Gasteiger partial charge on any atom is -0.466 e. The summed E-state index contributed by atoms with van der Waals surface area (Å²) in [5.41, 5.74) is 1.88. The molecule has 3 rings (SSSR count). The first kappa shape index (κ1) is 21.3. The molecule has 30 heavy (non-hydrogen) atoms. The van der Waals surface area contributed by atoms with Crippen molar-refractivity contribution in [3.63, 3.8) is 0 Å². The highest BCUT2D eigenvalue weighted by molar-refractivity contribution is 5.78. The van der Waals surface area contributed by atoms with Crippen molar-refractivity contribution in [2.45, 2.75) is 18.6 Å². The number of anilines is 1. The summed E-state index contributed by atoms with van der Waals surface area (Å²) in [6, 6.07) is 20.9. The topological polar surface area (TPSA) is 69.7 Å². The number of carbonyl (C=O) groups excluding carboxylic acids is 1. The Labute approximate surface area is 176 Å². The van der Waals surface area contributed by atoms with Gasteiger partial charge in [-0.15, -0.1) is 0 Å². The van der Waals surface area contributed by atoms with E-state index in [0.717, 1.165) is 16.7 Å². The Morgan fingerprint density at radius 1 is 1.00 bits per heavy atom. The highest BCUT2D eigenvalue weighted by Gasteiger charge is 2.50. The monoisotopic (exact) mass is 406 g/mol. The van der Waals surface area contributed by atoms with E-state index in [1.165, 1.54) is 7.11 Å². The predicted molar refractivity (Wildman–Crippen MR) is 116 cm³/mol. The number of nitrogens with one attached hydrogen (secondary N) is 1. The van der Waals surface area contributed by atoms with E-state index in [2.05, 4.69) is 10.3 Å². The SMILES string of the molecule is CNc1cc(C)cnc1OC(C(=O)OC)C(OC)(c1ccccc1)c1ccccc1. The number of aryl methyl sites for hydroxylation is 1. The van der Waals surface area contributed by atoms with Crippen molar-refractivity contribution in [3.05, 3.63) is 89.6 Å². The number of ether oxygens (including phenoxy) is 3. The molecule has 0 aliphatic rings. The average molecular weight is 406 g/mol. The van der Waals surface area contributed by atoms with Gasteiger partial charge in [0.05, 0.1) is 12.8 Å². The van der Waals surface area contributed by atoms with Crippen molar-refractivity contribution in [1.82, 2.24) is 4.98 Å². The summed E-state index contributed by atoms with van der Waals surface area (Å²) in [5, 5.41) is 3.07. The van der Waals surface area contributed by atoms with Crippen molar-refractivity contribution in [2.24, 2.45) is 0 Å². The molecule has 1 heterocycles. The molecule has 3 aromatic rings. The third-order valence-corrected chi connectivity index (χ3v) is 5.00. The summed E-state index contributed by atoms with van der Waals surface area (Å²) >= 11 is 0. The molecule has 156 valence electrons. The first-order valence-electron chi connectivity index (χ1n) is 9.62. The maximum Gasteiger partial charge on any atom is 0.350 e. The van der Waals surface area contributed by atoms with Crippen LogP contribution in [-0.4, -0.2) is 38.3 Å². The lowest BCUT2D eigenvalue weighted by atomic mass is 9.81. The first-order valence-corrected chi connectivity index (χ1v) is 9.62. The van der Waals surface area contributed by atoms with Crippen LogP contribution in [0.3, 0.4) is 0 Å². The van der Waals surface area contributed by atoms with Gasteiger partial charge < -0.3 is 19.5 Å². The zero-order valence-corrected chi connectivity index (χ0v) is 17.6. The van der Waals surface area contributed by atoms with Crippen molar-refractivity contribution in [3.8, 4) is 5.88 Å². The Morgan fingerprint density at radius 3 is 2.03 bits per heavy atom. The molecule has 0 radical (unpaired) electrons. The van der Waals surface area contributed by atoms with Crippen LogP contribution in [0.15, 0.2) is 72.9 Å². The van der Waals surface area contributed by atoms with Crippen LogP contribution < -0.4 is 10.1 Å². The molecule has 0 spiro atoms. The Kier molecular flexibility index (Phi) is 6.69. The van der Waals surface area contributed by atoms with Gasteiger partial charge in [0.1, 0.15) is 0 Å². The molecular weight excluding hydrogens is 380 g/mol. The van der Waals surface area contributed by atoms with Crippen LogP contribution in [0.5, 0.6) is 5.88 Å². The Hall–Kier alpha value is -3.38. The molecule has 0 saturated heterocycles. The lowest BCUT2D eigenvalue weighted by Crippen LogP contribution is -2.51. The van der Waals surface area contributed by atoms with Gasteiger partial charge in [-0.3, -0.25) is 0 Å². The second-order valence-corrected chi connectivity index (χ2v) is 6.81. The Bertz CT molecular complexity index is 938. The number of methoxy groups -OCH3 is 2. The van der Waals surface area contributed by atoms with Crippen molar-refractivity contribution in [1.29, 1.82) is 0 Å². The average Bonchev–Trinajstić information content (AvgIpc) is 2.80. The van der Waals surface area contributed by atoms with E-state index in [-0.39, 0.29) is 5.88 Å². The minimum absolute atomic E-state index is 0.284. The zero-order valence-electron chi connectivity index (χ0n) is 17.6. The predicted octanol–water partition coefficient (Wildman–Crippen LogP) is 3.94. The summed E-state index contributed by atoms with van der Waals surface area (Å²) in [7, 11) is 4.66. The number of hydrogen-bond acceptors (Lipinski definition) is 6. The molecule has 2 aromatic carbocycles. The maximum absolute atomic E-state index is 13.1. The number of nitrogens with zero attached hydrogens (tertiary/aromatic N) is 1. The maximum atomic E-state index is 13.1. The highest BCUT2D eigenvalue weighted by atomic mass is 16.6. The zero-order chi connectivity index (χ0) is 21.6. The van der Waals surface area contributed by atoms with Gasteiger partial charge >= 0.3 is 5.97 Å². The van der Waals surface area contributed by atoms with Gasteiger partial charge in [-0.25, -0.2) is 9.78 Å². The van der Waals surface area contributed by atoms with Crippen LogP contribution in [-0.2, 0) is 19.9 Å². The molecule has 1 aromatic heterocycles. The molecule has 1 atom stereocenters.